The van der Waals surface area contributed by atoms with Gasteiger partial charge in [-0.3, -0.25) is 0 Å². The molecule has 1 aromatic heterocycles. The summed E-state index contributed by atoms with van der Waals surface area (Å²) in [7, 11) is 0. The molecule has 0 radical (unpaired) electrons. The van der Waals surface area contributed by atoms with E-state index in [1.807, 2.05) is 18.4 Å². The molecule has 0 aliphatic carbocycles. The molecule has 3 nitrogen and oxygen atoms in total. The predicted octanol–water partition coefficient (Wildman–Crippen LogP) is 2.40. The molecule has 2 N–H and O–H groups in total. The Balaban J connectivity index is 2.17. The van der Waals surface area contributed by atoms with Gasteiger partial charge in [-0.05, 0) is 25.6 Å². The van der Waals surface area contributed by atoms with Gasteiger partial charge in [-0.1, -0.05) is 12.2 Å². The lowest BCUT2D eigenvalue weighted by Gasteiger charge is -2.06. The quantitative estimate of drug-likeness (QED) is 0.470. The monoisotopic (exact) mass is 227 g/mol. The summed E-state index contributed by atoms with van der Waals surface area (Å²) >= 11 is 6.60. The number of hydrogen-bond donors (Lipinski definition) is 2. The SMILES string of the molecule is C/C=C/CCNC(=S)Nc1nccs1. The third kappa shape index (κ3) is 4.34. The summed E-state index contributed by atoms with van der Waals surface area (Å²) in [4.78, 5) is 4.07. The van der Waals surface area contributed by atoms with Crippen LogP contribution in [0.3, 0.4) is 0 Å². The van der Waals surface area contributed by atoms with Crippen molar-refractivity contribution >= 4 is 33.8 Å². The minimum absolute atomic E-state index is 0.629. The van der Waals surface area contributed by atoms with Gasteiger partial charge in [-0.15, -0.1) is 11.3 Å². The Kier molecular flexibility index (Phi) is 5.17. The first-order chi connectivity index (χ1) is 6.83. The number of nitrogens with zero attached hydrogens (tertiary/aromatic N) is 1. The summed E-state index contributed by atoms with van der Waals surface area (Å²) in [5, 5.41) is 9.46. The first-order valence-electron chi connectivity index (χ1n) is 4.38. The first-order valence-corrected chi connectivity index (χ1v) is 5.67. The molecule has 0 aromatic carbocycles. The van der Waals surface area contributed by atoms with Gasteiger partial charge in [-0.2, -0.15) is 0 Å². The smallest absolute Gasteiger partial charge is 0.188 e. The number of anilines is 1. The Labute approximate surface area is 93.2 Å². The van der Waals surface area contributed by atoms with Gasteiger partial charge in [0.25, 0.3) is 0 Å². The van der Waals surface area contributed by atoms with Crippen LogP contribution in [0.1, 0.15) is 13.3 Å². The van der Waals surface area contributed by atoms with Gasteiger partial charge >= 0.3 is 0 Å². The lowest BCUT2D eigenvalue weighted by atomic mass is 10.4. The fraction of sp³-hybridized carbons (Fsp3) is 0.333. The Morgan fingerprint density at radius 3 is 3.21 bits per heavy atom. The van der Waals surface area contributed by atoms with Gasteiger partial charge in [0, 0.05) is 18.1 Å². The van der Waals surface area contributed by atoms with Crippen LogP contribution in [0, 0.1) is 0 Å². The maximum atomic E-state index is 5.07. The largest absolute Gasteiger partial charge is 0.362 e. The highest BCUT2D eigenvalue weighted by atomic mass is 32.1. The van der Waals surface area contributed by atoms with Crippen LogP contribution < -0.4 is 10.6 Å². The van der Waals surface area contributed by atoms with Crippen molar-refractivity contribution in [2.75, 3.05) is 11.9 Å². The van der Waals surface area contributed by atoms with Crippen molar-refractivity contribution in [3.8, 4) is 0 Å². The van der Waals surface area contributed by atoms with Crippen molar-refractivity contribution in [2.45, 2.75) is 13.3 Å². The number of aromatic nitrogens is 1. The van der Waals surface area contributed by atoms with Gasteiger partial charge in [0.05, 0.1) is 0 Å². The Hall–Kier alpha value is -0.940. The van der Waals surface area contributed by atoms with Crippen LogP contribution in [0.2, 0.25) is 0 Å². The van der Waals surface area contributed by atoms with Gasteiger partial charge in [0.15, 0.2) is 10.2 Å². The molecule has 0 fully saturated rings. The maximum Gasteiger partial charge on any atom is 0.188 e. The van der Waals surface area contributed by atoms with E-state index in [1.165, 1.54) is 11.3 Å². The van der Waals surface area contributed by atoms with Gasteiger partial charge in [0.1, 0.15) is 0 Å². The number of rotatable bonds is 4. The summed E-state index contributed by atoms with van der Waals surface area (Å²) in [6.45, 7) is 2.85. The highest BCUT2D eigenvalue weighted by molar-refractivity contribution is 7.80. The second-order valence-electron chi connectivity index (χ2n) is 2.58. The van der Waals surface area contributed by atoms with Crippen LogP contribution in [-0.4, -0.2) is 16.6 Å². The Bertz CT molecular complexity index is 293. The van der Waals surface area contributed by atoms with E-state index in [1.54, 1.807) is 6.20 Å². The number of hydrogen-bond acceptors (Lipinski definition) is 3. The van der Waals surface area contributed by atoms with Crippen molar-refractivity contribution in [1.29, 1.82) is 0 Å². The molecule has 1 rings (SSSR count). The second kappa shape index (κ2) is 6.50. The number of thiazole rings is 1. The molecular weight excluding hydrogens is 214 g/mol. The summed E-state index contributed by atoms with van der Waals surface area (Å²) in [5.41, 5.74) is 0. The first kappa shape index (κ1) is 11.1. The Morgan fingerprint density at radius 2 is 2.57 bits per heavy atom. The average Bonchev–Trinajstić information content (AvgIpc) is 2.65. The van der Waals surface area contributed by atoms with E-state index in [0.29, 0.717) is 5.11 Å². The number of thiocarbonyl (C=S) groups is 1. The van der Waals surface area contributed by atoms with Crippen LogP contribution in [0.4, 0.5) is 5.13 Å². The van der Waals surface area contributed by atoms with Crippen molar-refractivity contribution in [2.24, 2.45) is 0 Å². The van der Waals surface area contributed by atoms with E-state index in [4.69, 9.17) is 12.2 Å². The molecule has 0 unspecified atom stereocenters. The summed E-state index contributed by atoms with van der Waals surface area (Å²) in [5.74, 6) is 0. The average molecular weight is 227 g/mol. The van der Waals surface area contributed by atoms with Crippen molar-refractivity contribution < 1.29 is 0 Å². The summed E-state index contributed by atoms with van der Waals surface area (Å²) < 4.78 is 0. The lowest BCUT2D eigenvalue weighted by Crippen LogP contribution is -2.28. The zero-order chi connectivity index (χ0) is 10.2. The topological polar surface area (TPSA) is 37.0 Å². The fourth-order valence-electron chi connectivity index (χ4n) is 0.862. The molecule has 0 atom stereocenters. The molecule has 14 heavy (non-hydrogen) atoms. The summed E-state index contributed by atoms with van der Waals surface area (Å²) in [6, 6.07) is 0. The van der Waals surface area contributed by atoms with Crippen LogP contribution >= 0.6 is 23.6 Å². The molecule has 76 valence electrons. The molecule has 1 heterocycles. The molecular formula is C9H13N3S2. The molecule has 0 aliphatic heterocycles. The minimum atomic E-state index is 0.629. The van der Waals surface area contributed by atoms with E-state index in [-0.39, 0.29) is 0 Å². The highest BCUT2D eigenvalue weighted by Crippen LogP contribution is 2.09. The van der Waals surface area contributed by atoms with E-state index in [9.17, 15) is 0 Å². The molecule has 0 bridgehead atoms. The third-order valence-corrected chi connectivity index (χ3v) is 2.42. The van der Waals surface area contributed by atoms with Crippen molar-refractivity contribution in [3.05, 3.63) is 23.7 Å². The lowest BCUT2D eigenvalue weighted by molar-refractivity contribution is 0.897. The molecule has 1 aromatic rings. The van der Waals surface area contributed by atoms with Crippen molar-refractivity contribution in [3.63, 3.8) is 0 Å². The van der Waals surface area contributed by atoms with Crippen LogP contribution in [0.15, 0.2) is 23.7 Å². The van der Waals surface area contributed by atoms with Gasteiger partial charge in [0.2, 0.25) is 0 Å². The molecule has 0 aliphatic rings. The molecule has 0 saturated carbocycles. The molecule has 0 amide bonds. The number of nitrogens with one attached hydrogen (secondary N) is 2. The maximum absolute atomic E-state index is 5.07. The van der Waals surface area contributed by atoms with Crippen LogP contribution in [0.25, 0.3) is 0 Å². The zero-order valence-electron chi connectivity index (χ0n) is 7.99. The van der Waals surface area contributed by atoms with E-state index in [2.05, 4.69) is 21.7 Å². The van der Waals surface area contributed by atoms with Gasteiger partial charge < -0.3 is 10.6 Å². The van der Waals surface area contributed by atoms with Crippen LogP contribution in [0.5, 0.6) is 0 Å². The van der Waals surface area contributed by atoms with Gasteiger partial charge in [-0.25, -0.2) is 4.98 Å². The molecule has 0 saturated heterocycles. The predicted molar refractivity (Wildman–Crippen MR) is 65.8 cm³/mol. The van der Waals surface area contributed by atoms with Crippen molar-refractivity contribution in [1.82, 2.24) is 10.3 Å². The van der Waals surface area contributed by atoms with E-state index in [0.717, 1.165) is 18.1 Å². The molecule has 5 heteroatoms. The zero-order valence-corrected chi connectivity index (χ0v) is 9.62. The fourth-order valence-corrected chi connectivity index (χ4v) is 1.66. The van der Waals surface area contributed by atoms with Crippen LogP contribution in [-0.2, 0) is 0 Å². The minimum Gasteiger partial charge on any atom is -0.362 e. The Morgan fingerprint density at radius 1 is 1.71 bits per heavy atom. The van der Waals surface area contributed by atoms with E-state index < -0.39 is 0 Å². The normalized spacial score (nSPS) is 10.4. The summed E-state index contributed by atoms with van der Waals surface area (Å²) in [6.07, 6.45) is 6.85. The third-order valence-electron chi connectivity index (χ3n) is 1.49. The standard InChI is InChI=1S/C9H13N3S2/c1-2-3-4-5-10-8(13)12-9-11-6-7-14-9/h2-3,6-7H,4-5H2,1H3,(H2,10,11,12,13)/b3-2+. The highest BCUT2D eigenvalue weighted by Gasteiger charge is 1.97. The second-order valence-corrected chi connectivity index (χ2v) is 3.88. The van der Waals surface area contributed by atoms with E-state index >= 15 is 0 Å². The molecule has 0 spiro atoms. The number of allylic oxidation sites excluding steroid dienone is 1.